The van der Waals surface area contributed by atoms with Crippen LogP contribution in [0.25, 0.3) is 0 Å². The molecule has 0 aromatic carbocycles. The zero-order chi connectivity index (χ0) is 5.11. The highest BCUT2D eigenvalue weighted by atomic mass is 35.5. The van der Waals surface area contributed by atoms with Gasteiger partial charge in [-0.3, -0.25) is 0 Å². The normalized spacial score (nSPS) is 15.7. The Labute approximate surface area is 68.4 Å². The van der Waals surface area contributed by atoms with Gasteiger partial charge in [0, 0.05) is 19.1 Å². The molecule has 2 nitrogen and oxygen atoms in total. The lowest BCUT2D eigenvalue weighted by molar-refractivity contribution is 0.690. The molecule has 0 atom stereocenters. The zero-order valence-corrected chi connectivity index (χ0v) is 6.93. The molecule has 1 aliphatic rings. The summed E-state index contributed by atoms with van der Waals surface area (Å²) in [6.07, 6.45) is 2.72. The summed E-state index contributed by atoms with van der Waals surface area (Å²) in [5, 5.41) is 3.28. The molecule has 58 valence electrons. The highest BCUT2D eigenvalue weighted by Crippen LogP contribution is 2.17. The summed E-state index contributed by atoms with van der Waals surface area (Å²) in [5.41, 5.74) is 5.24. The first-order valence-electron chi connectivity index (χ1n) is 2.87. The molecule has 0 bridgehead atoms. The third-order valence-corrected chi connectivity index (χ3v) is 1.15. The van der Waals surface area contributed by atoms with Gasteiger partial charge in [-0.15, -0.1) is 24.8 Å². The monoisotopic (exact) mass is 172 g/mol. The SMILES string of the molecule is Cl.Cl.NCCNC1CC1. The first-order valence-corrected chi connectivity index (χ1v) is 2.87. The van der Waals surface area contributed by atoms with Crippen LogP contribution in [0, 0.1) is 0 Å². The Balaban J connectivity index is 0. The molecule has 0 aromatic rings. The Morgan fingerprint density at radius 3 is 2.22 bits per heavy atom. The van der Waals surface area contributed by atoms with Crippen molar-refractivity contribution < 1.29 is 0 Å². The van der Waals surface area contributed by atoms with Crippen molar-refractivity contribution in [1.29, 1.82) is 0 Å². The Bertz CT molecular complexity index is 56.9. The molecule has 0 heterocycles. The molecule has 1 fully saturated rings. The van der Waals surface area contributed by atoms with E-state index < -0.39 is 0 Å². The second-order valence-corrected chi connectivity index (χ2v) is 2.02. The highest BCUT2D eigenvalue weighted by molar-refractivity contribution is 5.85. The van der Waals surface area contributed by atoms with Crippen LogP contribution in [0.2, 0.25) is 0 Å². The molecule has 9 heavy (non-hydrogen) atoms. The lowest BCUT2D eigenvalue weighted by atomic mass is 10.6. The first kappa shape index (κ1) is 12.2. The van der Waals surface area contributed by atoms with Crippen LogP contribution >= 0.6 is 24.8 Å². The van der Waals surface area contributed by atoms with Gasteiger partial charge in [0.05, 0.1) is 0 Å². The van der Waals surface area contributed by atoms with Gasteiger partial charge in [0.1, 0.15) is 0 Å². The van der Waals surface area contributed by atoms with Crippen molar-refractivity contribution in [3.63, 3.8) is 0 Å². The molecular formula is C5H14Cl2N2. The smallest absolute Gasteiger partial charge is 0.00770 e. The molecule has 0 radical (unpaired) electrons. The fourth-order valence-corrected chi connectivity index (χ4v) is 0.575. The second-order valence-electron chi connectivity index (χ2n) is 2.02. The Morgan fingerprint density at radius 1 is 1.33 bits per heavy atom. The molecule has 4 heteroatoms. The van der Waals surface area contributed by atoms with Gasteiger partial charge in [-0.25, -0.2) is 0 Å². The molecule has 0 spiro atoms. The third kappa shape index (κ3) is 6.38. The largest absolute Gasteiger partial charge is 0.329 e. The minimum absolute atomic E-state index is 0. The molecule has 0 aliphatic heterocycles. The van der Waals surface area contributed by atoms with Crippen LogP contribution in [-0.4, -0.2) is 19.1 Å². The van der Waals surface area contributed by atoms with Crippen LogP contribution < -0.4 is 11.1 Å². The minimum atomic E-state index is 0. The summed E-state index contributed by atoms with van der Waals surface area (Å²) >= 11 is 0. The number of halogens is 2. The summed E-state index contributed by atoms with van der Waals surface area (Å²) in [7, 11) is 0. The van der Waals surface area contributed by atoms with Crippen molar-refractivity contribution in [2.45, 2.75) is 18.9 Å². The van der Waals surface area contributed by atoms with Gasteiger partial charge in [-0.2, -0.15) is 0 Å². The maximum absolute atomic E-state index is 5.24. The summed E-state index contributed by atoms with van der Waals surface area (Å²) in [6.45, 7) is 1.77. The van der Waals surface area contributed by atoms with Crippen molar-refractivity contribution in [1.82, 2.24) is 5.32 Å². The van der Waals surface area contributed by atoms with E-state index in [1.807, 2.05) is 0 Å². The fraction of sp³-hybridized carbons (Fsp3) is 1.00. The molecule has 1 rings (SSSR count). The van der Waals surface area contributed by atoms with Gasteiger partial charge < -0.3 is 11.1 Å². The average molecular weight is 173 g/mol. The van der Waals surface area contributed by atoms with Crippen LogP contribution in [0.15, 0.2) is 0 Å². The van der Waals surface area contributed by atoms with E-state index in [9.17, 15) is 0 Å². The topological polar surface area (TPSA) is 38.0 Å². The zero-order valence-electron chi connectivity index (χ0n) is 5.30. The van der Waals surface area contributed by atoms with E-state index in [1.165, 1.54) is 12.8 Å². The lowest BCUT2D eigenvalue weighted by Gasteiger charge is -1.94. The molecule has 0 saturated heterocycles. The van der Waals surface area contributed by atoms with Crippen molar-refractivity contribution in [3.05, 3.63) is 0 Å². The lowest BCUT2D eigenvalue weighted by Crippen LogP contribution is -2.23. The van der Waals surface area contributed by atoms with E-state index >= 15 is 0 Å². The van der Waals surface area contributed by atoms with Crippen LogP contribution in [0.3, 0.4) is 0 Å². The van der Waals surface area contributed by atoms with Gasteiger partial charge in [-0.05, 0) is 12.8 Å². The Hall–Kier alpha value is 0.500. The quantitative estimate of drug-likeness (QED) is 0.653. The fourth-order valence-electron chi connectivity index (χ4n) is 0.575. The third-order valence-electron chi connectivity index (χ3n) is 1.15. The predicted octanol–water partition coefficient (Wildman–Crippen LogP) is 0.541. The number of nitrogens with one attached hydrogen (secondary N) is 1. The van der Waals surface area contributed by atoms with Gasteiger partial charge in [0.15, 0.2) is 0 Å². The standard InChI is InChI=1S/C5H12N2.2ClH/c6-3-4-7-5-1-2-5;;/h5,7H,1-4,6H2;2*1H. The molecule has 0 aromatic heterocycles. The van der Waals surface area contributed by atoms with Crippen LogP contribution in [0.4, 0.5) is 0 Å². The molecular weight excluding hydrogens is 159 g/mol. The molecule has 0 amide bonds. The summed E-state index contributed by atoms with van der Waals surface area (Å²) in [6, 6.07) is 0.823. The van der Waals surface area contributed by atoms with Crippen molar-refractivity contribution >= 4 is 24.8 Å². The van der Waals surface area contributed by atoms with Crippen molar-refractivity contribution in [3.8, 4) is 0 Å². The number of hydrogen-bond donors (Lipinski definition) is 2. The summed E-state index contributed by atoms with van der Waals surface area (Å²) in [5.74, 6) is 0. The maximum atomic E-state index is 5.24. The number of rotatable bonds is 3. The van der Waals surface area contributed by atoms with E-state index in [4.69, 9.17) is 5.73 Å². The predicted molar refractivity (Wildman–Crippen MR) is 44.6 cm³/mol. The molecule has 3 N–H and O–H groups in total. The van der Waals surface area contributed by atoms with Gasteiger partial charge in [-0.1, -0.05) is 0 Å². The van der Waals surface area contributed by atoms with Gasteiger partial charge >= 0.3 is 0 Å². The Kier molecular flexibility index (Phi) is 8.97. The first-order chi connectivity index (χ1) is 3.43. The minimum Gasteiger partial charge on any atom is -0.329 e. The molecule has 1 saturated carbocycles. The highest BCUT2D eigenvalue weighted by Gasteiger charge is 2.18. The Morgan fingerprint density at radius 2 is 1.89 bits per heavy atom. The molecule has 0 unspecified atom stereocenters. The van der Waals surface area contributed by atoms with Crippen LogP contribution in [0.1, 0.15) is 12.8 Å². The van der Waals surface area contributed by atoms with E-state index in [1.54, 1.807) is 0 Å². The van der Waals surface area contributed by atoms with Gasteiger partial charge in [0.2, 0.25) is 0 Å². The number of nitrogens with two attached hydrogens (primary N) is 1. The second kappa shape index (κ2) is 6.62. The van der Waals surface area contributed by atoms with Crippen LogP contribution in [0.5, 0.6) is 0 Å². The van der Waals surface area contributed by atoms with E-state index in [-0.39, 0.29) is 24.8 Å². The summed E-state index contributed by atoms with van der Waals surface area (Å²) < 4.78 is 0. The summed E-state index contributed by atoms with van der Waals surface area (Å²) in [4.78, 5) is 0. The van der Waals surface area contributed by atoms with E-state index in [0.29, 0.717) is 0 Å². The van der Waals surface area contributed by atoms with E-state index in [2.05, 4.69) is 5.32 Å². The van der Waals surface area contributed by atoms with Crippen molar-refractivity contribution in [2.75, 3.05) is 13.1 Å². The van der Waals surface area contributed by atoms with Gasteiger partial charge in [0.25, 0.3) is 0 Å². The van der Waals surface area contributed by atoms with Crippen molar-refractivity contribution in [2.24, 2.45) is 5.73 Å². The maximum Gasteiger partial charge on any atom is 0.00770 e. The average Bonchev–Trinajstić information content (AvgIpc) is 2.42. The number of hydrogen-bond acceptors (Lipinski definition) is 2. The molecule has 1 aliphatic carbocycles. The van der Waals surface area contributed by atoms with Crippen LogP contribution in [-0.2, 0) is 0 Å². The van der Waals surface area contributed by atoms with E-state index in [0.717, 1.165) is 19.1 Å².